The van der Waals surface area contributed by atoms with E-state index in [9.17, 15) is 9.59 Å². The lowest BCUT2D eigenvalue weighted by Gasteiger charge is -2.13. The lowest BCUT2D eigenvalue weighted by atomic mass is 10.2. The molecule has 184 valence electrons. The van der Waals surface area contributed by atoms with Gasteiger partial charge >= 0.3 is 0 Å². The molecule has 2 N–H and O–H groups in total. The molecule has 2 amide bonds. The van der Waals surface area contributed by atoms with Crippen LogP contribution in [-0.2, 0) is 9.59 Å². The Morgan fingerprint density at radius 3 is 2.28 bits per heavy atom. The van der Waals surface area contributed by atoms with Gasteiger partial charge in [0.2, 0.25) is 17.7 Å². The summed E-state index contributed by atoms with van der Waals surface area (Å²) in [5, 5.41) is 6.49. The average molecular weight is 527 g/mol. The van der Waals surface area contributed by atoms with Crippen molar-refractivity contribution in [2.75, 3.05) is 24.9 Å². The first-order valence-electron chi connectivity index (χ1n) is 10.6. The lowest BCUT2D eigenvalue weighted by molar-refractivity contribution is -0.123. The van der Waals surface area contributed by atoms with Gasteiger partial charge in [0.05, 0.1) is 31.6 Å². The van der Waals surface area contributed by atoms with Crippen LogP contribution < -0.4 is 24.8 Å². The Bertz CT molecular complexity index is 1450. The first-order valence-corrected chi connectivity index (χ1v) is 11.3. The van der Waals surface area contributed by atoms with Crippen molar-refractivity contribution in [3.05, 3.63) is 71.0 Å². The number of halogens is 2. The molecule has 0 saturated carbocycles. The third kappa shape index (κ3) is 5.94. The highest BCUT2D eigenvalue weighted by Crippen LogP contribution is 2.38. The fourth-order valence-corrected chi connectivity index (χ4v) is 3.73. The normalized spacial score (nSPS) is 10.6. The zero-order chi connectivity index (χ0) is 25.7. The second kappa shape index (κ2) is 11.1. The molecule has 11 heteroatoms. The monoisotopic (exact) mass is 526 g/mol. The van der Waals surface area contributed by atoms with E-state index in [1.165, 1.54) is 19.4 Å². The second-order valence-corrected chi connectivity index (χ2v) is 8.27. The highest BCUT2D eigenvalue weighted by atomic mass is 35.5. The number of hydrogen-bond acceptors (Lipinski definition) is 7. The fraction of sp³-hybridized carbons (Fsp3) is 0.120. The molecule has 0 spiro atoms. The van der Waals surface area contributed by atoms with Crippen molar-refractivity contribution in [3.63, 3.8) is 0 Å². The number of benzene rings is 2. The molecule has 0 atom stereocenters. The summed E-state index contributed by atoms with van der Waals surface area (Å²) in [6.07, 6.45) is 2.55. The van der Waals surface area contributed by atoms with E-state index in [0.29, 0.717) is 44.5 Å². The van der Waals surface area contributed by atoms with Crippen LogP contribution in [0.4, 0.5) is 11.4 Å². The summed E-state index contributed by atoms with van der Waals surface area (Å²) in [4.78, 5) is 33.0. The molecule has 36 heavy (non-hydrogen) atoms. The maximum Gasteiger partial charge on any atom is 0.238 e. The molecule has 0 unspecified atom stereocenters. The van der Waals surface area contributed by atoms with Crippen molar-refractivity contribution >= 4 is 57.3 Å². The van der Waals surface area contributed by atoms with Gasteiger partial charge in [0, 0.05) is 28.4 Å². The largest absolute Gasteiger partial charge is 0.493 e. The van der Waals surface area contributed by atoms with Gasteiger partial charge in [0.15, 0.2) is 11.5 Å². The predicted octanol–water partition coefficient (Wildman–Crippen LogP) is 5.71. The minimum absolute atomic E-state index is 0.121. The van der Waals surface area contributed by atoms with Gasteiger partial charge in [-0.2, -0.15) is 0 Å². The molecule has 0 aliphatic heterocycles. The van der Waals surface area contributed by atoms with Crippen LogP contribution in [0.1, 0.15) is 6.42 Å². The number of carbonyl (C=O) groups is 2. The molecule has 0 fully saturated rings. The number of pyridine rings is 2. The van der Waals surface area contributed by atoms with E-state index in [-0.39, 0.29) is 10.9 Å². The Balaban J connectivity index is 1.44. The van der Waals surface area contributed by atoms with E-state index in [1.807, 2.05) is 0 Å². The summed E-state index contributed by atoms with van der Waals surface area (Å²) in [6, 6.07) is 13.2. The molecule has 0 radical (unpaired) electrons. The third-order valence-corrected chi connectivity index (χ3v) is 5.44. The highest BCUT2D eigenvalue weighted by Gasteiger charge is 2.15. The standard InChI is InChI=1S/C25H20Cl2N4O5/c1-34-21-10-17-19(11-22(21)35-2)28-7-6-20(17)36-25-18(27)9-16(13-29-25)31-24(33)12-23(32)30-15-5-3-4-14(26)8-15/h3-11,13H,12H2,1-2H3,(H,30,32)(H,31,33). The van der Waals surface area contributed by atoms with E-state index in [2.05, 4.69) is 20.6 Å². The molecule has 4 aromatic rings. The third-order valence-electron chi connectivity index (χ3n) is 4.93. The van der Waals surface area contributed by atoms with Crippen molar-refractivity contribution in [2.24, 2.45) is 0 Å². The highest BCUT2D eigenvalue weighted by molar-refractivity contribution is 6.32. The Labute approximate surface area is 216 Å². The molecular formula is C25H20Cl2N4O5. The average Bonchev–Trinajstić information content (AvgIpc) is 2.84. The van der Waals surface area contributed by atoms with Crippen molar-refractivity contribution in [1.82, 2.24) is 9.97 Å². The number of aromatic nitrogens is 2. The quantitative estimate of drug-likeness (QED) is 0.282. The Morgan fingerprint density at radius 1 is 0.861 bits per heavy atom. The van der Waals surface area contributed by atoms with Crippen molar-refractivity contribution < 1.29 is 23.8 Å². The fourth-order valence-electron chi connectivity index (χ4n) is 3.33. The number of hydrogen-bond donors (Lipinski definition) is 2. The van der Waals surface area contributed by atoms with Crippen LogP contribution in [0.3, 0.4) is 0 Å². The van der Waals surface area contributed by atoms with E-state index in [4.69, 9.17) is 37.4 Å². The lowest BCUT2D eigenvalue weighted by Crippen LogP contribution is -2.21. The maximum absolute atomic E-state index is 12.3. The van der Waals surface area contributed by atoms with Crippen molar-refractivity contribution in [1.29, 1.82) is 0 Å². The number of ether oxygens (including phenoxy) is 3. The summed E-state index contributed by atoms with van der Waals surface area (Å²) < 4.78 is 16.6. The summed E-state index contributed by atoms with van der Waals surface area (Å²) in [7, 11) is 3.08. The summed E-state index contributed by atoms with van der Waals surface area (Å²) in [5.74, 6) is 0.583. The van der Waals surface area contributed by atoms with E-state index in [0.717, 1.165) is 0 Å². The first kappa shape index (κ1) is 25.0. The smallest absolute Gasteiger partial charge is 0.238 e. The van der Waals surface area contributed by atoms with Crippen molar-refractivity contribution in [2.45, 2.75) is 6.42 Å². The van der Waals surface area contributed by atoms with Crippen LogP contribution in [0.15, 0.2) is 60.9 Å². The van der Waals surface area contributed by atoms with Gasteiger partial charge in [-0.1, -0.05) is 29.3 Å². The zero-order valence-electron chi connectivity index (χ0n) is 19.2. The Hall–Kier alpha value is -4.08. The van der Waals surface area contributed by atoms with Crippen LogP contribution in [0.2, 0.25) is 10.0 Å². The van der Waals surface area contributed by atoms with E-state index >= 15 is 0 Å². The molecule has 0 aliphatic rings. The van der Waals surface area contributed by atoms with Gasteiger partial charge in [-0.15, -0.1) is 0 Å². The maximum atomic E-state index is 12.3. The van der Waals surface area contributed by atoms with Gasteiger partial charge < -0.3 is 24.8 Å². The van der Waals surface area contributed by atoms with Crippen molar-refractivity contribution in [3.8, 4) is 23.1 Å². The SMILES string of the molecule is COc1cc2nccc(Oc3ncc(NC(=O)CC(=O)Nc4cccc(Cl)c4)cc3Cl)c2cc1OC. The van der Waals surface area contributed by atoms with Crippen LogP contribution >= 0.6 is 23.2 Å². The molecule has 0 aliphatic carbocycles. The molecule has 4 rings (SSSR count). The summed E-state index contributed by atoms with van der Waals surface area (Å²) in [5.41, 5.74) is 1.42. The van der Waals surface area contributed by atoms with Gasteiger partial charge in [-0.25, -0.2) is 4.98 Å². The molecule has 2 aromatic carbocycles. The number of nitrogens with zero attached hydrogens (tertiary/aromatic N) is 2. The number of carbonyl (C=O) groups excluding carboxylic acids is 2. The topological polar surface area (TPSA) is 112 Å². The van der Waals surface area contributed by atoms with Gasteiger partial charge in [-0.05, 0) is 36.4 Å². The second-order valence-electron chi connectivity index (χ2n) is 7.43. The van der Waals surface area contributed by atoms with Crippen LogP contribution in [-0.4, -0.2) is 36.0 Å². The number of fused-ring (bicyclic) bond motifs is 1. The number of rotatable bonds is 8. The molecule has 0 bridgehead atoms. The van der Waals surface area contributed by atoms with Gasteiger partial charge in [0.1, 0.15) is 17.2 Å². The van der Waals surface area contributed by atoms with Crippen LogP contribution in [0, 0.1) is 0 Å². The summed E-state index contributed by atoms with van der Waals surface area (Å²) >= 11 is 12.3. The Morgan fingerprint density at radius 2 is 1.58 bits per heavy atom. The predicted molar refractivity (Wildman–Crippen MR) is 137 cm³/mol. The Kier molecular flexibility index (Phi) is 7.72. The number of nitrogens with one attached hydrogen (secondary N) is 2. The molecule has 9 nitrogen and oxygen atoms in total. The van der Waals surface area contributed by atoms with E-state index in [1.54, 1.807) is 55.8 Å². The van der Waals surface area contributed by atoms with Crippen LogP contribution in [0.25, 0.3) is 10.9 Å². The molecular weight excluding hydrogens is 507 g/mol. The molecule has 2 aromatic heterocycles. The number of methoxy groups -OCH3 is 2. The zero-order valence-corrected chi connectivity index (χ0v) is 20.7. The number of anilines is 2. The van der Waals surface area contributed by atoms with Gasteiger partial charge in [0.25, 0.3) is 0 Å². The van der Waals surface area contributed by atoms with Gasteiger partial charge in [-0.3, -0.25) is 14.6 Å². The molecule has 0 saturated heterocycles. The van der Waals surface area contributed by atoms with Crippen LogP contribution in [0.5, 0.6) is 23.1 Å². The summed E-state index contributed by atoms with van der Waals surface area (Å²) in [6.45, 7) is 0. The number of amides is 2. The minimum Gasteiger partial charge on any atom is -0.493 e. The minimum atomic E-state index is -0.540. The van der Waals surface area contributed by atoms with E-state index < -0.39 is 18.2 Å². The first-order chi connectivity index (χ1) is 17.4. The molecule has 2 heterocycles.